The van der Waals surface area contributed by atoms with Crippen LogP contribution in [0.5, 0.6) is 0 Å². The summed E-state index contributed by atoms with van der Waals surface area (Å²) < 4.78 is 65.7. The second-order valence-corrected chi connectivity index (χ2v) is 23.2. The van der Waals surface area contributed by atoms with Gasteiger partial charge in [-0.25, -0.2) is 25.5 Å². The molecule has 0 aliphatic carbocycles. The van der Waals surface area contributed by atoms with E-state index in [1.165, 1.54) is 3.97 Å². The predicted octanol–water partition coefficient (Wildman–Crippen LogP) is 9.05. The molecule has 1 heterocycles. The molecule has 0 saturated heterocycles. The average molecular weight is 772 g/mol. The number of fused-ring (bicyclic) bond motifs is 1. The lowest BCUT2D eigenvalue weighted by molar-refractivity contribution is 0.305. The van der Waals surface area contributed by atoms with Crippen LogP contribution in [0.3, 0.4) is 0 Å². The van der Waals surface area contributed by atoms with Crippen molar-refractivity contribution in [2.24, 2.45) is 0 Å². The Hall–Kier alpha value is -2.76. The summed E-state index contributed by atoms with van der Waals surface area (Å²) in [5.74, 6) is 0. The Morgan fingerprint density at radius 3 is 1.94 bits per heavy atom. The Bertz CT molecular complexity index is 2010. The van der Waals surface area contributed by atoms with Crippen molar-refractivity contribution in [3.8, 4) is 0 Å². The lowest BCUT2D eigenvalue weighted by Crippen LogP contribution is -2.48. The minimum Gasteiger partial charge on any atom is -0.411 e. The van der Waals surface area contributed by atoms with Gasteiger partial charge in [-0.3, -0.25) is 0 Å². The third-order valence-electron chi connectivity index (χ3n) is 9.04. The number of halogens is 1. The van der Waals surface area contributed by atoms with Crippen LogP contribution in [0.25, 0.3) is 10.9 Å². The minimum absolute atomic E-state index is 0.0265. The molecule has 0 aliphatic heterocycles. The second-order valence-electron chi connectivity index (χ2n) is 13.3. The van der Waals surface area contributed by atoms with Crippen LogP contribution in [0.1, 0.15) is 58.2 Å². The molecule has 0 fully saturated rings. The Balaban J connectivity index is 1.74. The molecular weight excluding hydrogens is 725 g/mol. The molecule has 0 saturated carbocycles. The molecule has 0 aliphatic rings. The third kappa shape index (κ3) is 8.16. The van der Waals surface area contributed by atoms with Crippen LogP contribution in [0.2, 0.25) is 16.6 Å². The van der Waals surface area contributed by atoms with E-state index in [2.05, 4.69) is 67.9 Å². The average Bonchev–Trinajstić information content (AvgIpc) is 3.40. The summed E-state index contributed by atoms with van der Waals surface area (Å²) in [5, 5.41) is 0.787. The van der Waals surface area contributed by atoms with Crippen molar-refractivity contribution in [3.05, 3.63) is 111 Å². The standard InChI is InChI=1S/C37H47BrN2O5S2Si/c1-26(2)48(27(3)4,28(5)6)45-25-31(23-39-46(41,42)33-19-15-29(7)16-20-33)11-9-12-32-24-40(36-14-10-13-35(38)37(32)36)47(43,44)34-21-17-30(8)18-22-34/h9-10,13-22,24,26-28,39H,12,23,25H2,1-8H3. The fraction of sp³-hybridized carbons (Fsp3) is 0.378. The maximum atomic E-state index is 13.8. The number of benzene rings is 3. The Kier molecular flexibility index (Phi) is 12.2. The van der Waals surface area contributed by atoms with Gasteiger partial charge in [0, 0.05) is 34.6 Å². The lowest BCUT2D eigenvalue weighted by Gasteiger charge is -2.42. The summed E-state index contributed by atoms with van der Waals surface area (Å²) in [6, 6.07) is 19.1. The van der Waals surface area contributed by atoms with E-state index < -0.39 is 28.4 Å². The number of nitrogens with zero attached hydrogens (tertiary/aromatic N) is 1. The highest BCUT2D eigenvalue weighted by atomic mass is 79.9. The summed E-state index contributed by atoms with van der Waals surface area (Å²) in [5.41, 5.74) is 8.37. The van der Waals surface area contributed by atoms with Gasteiger partial charge in [0.15, 0.2) is 0 Å². The molecule has 0 amide bonds. The minimum atomic E-state index is -3.86. The van der Waals surface area contributed by atoms with Crippen molar-refractivity contribution in [2.45, 2.75) is 88.2 Å². The van der Waals surface area contributed by atoms with Gasteiger partial charge in [-0.15, -0.1) is 5.73 Å². The van der Waals surface area contributed by atoms with Gasteiger partial charge >= 0.3 is 0 Å². The molecule has 1 N–H and O–H groups in total. The van der Waals surface area contributed by atoms with Crippen LogP contribution in [-0.2, 0) is 30.9 Å². The molecule has 7 nitrogen and oxygen atoms in total. The van der Waals surface area contributed by atoms with E-state index in [0.717, 1.165) is 26.5 Å². The maximum absolute atomic E-state index is 13.8. The Morgan fingerprint density at radius 1 is 0.854 bits per heavy atom. The van der Waals surface area contributed by atoms with Gasteiger partial charge in [0.2, 0.25) is 18.3 Å². The van der Waals surface area contributed by atoms with Crippen LogP contribution < -0.4 is 4.72 Å². The van der Waals surface area contributed by atoms with Gasteiger partial charge in [-0.2, -0.15) is 0 Å². The molecule has 0 atom stereocenters. The van der Waals surface area contributed by atoms with Crippen molar-refractivity contribution < 1.29 is 21.3 Å². The topological polar surface area (TPSA) is 94.5 Å². The maximum Gasteiger partial charge on any atom is 0.268 e. The smallest absolute Gasteiger partial charge is 0.268 e. The van der Waals surface area contributed by atoms with E-state index in [4.69, 9.17) is 4.43 Å². The zero-order chi connectivity index (χ0) is 35.4. The van der Waals surface area contributed by atoms with Gasteiger partial charge in [-0.1, -0.05) is 98.9 Å². The monoisotopic (exact) mass is 770 g/mol. The van der Waals surface area contributed by atoms with E-state index in [1.54, 1.807) is 60.8 Å². The molecule has 0 unspecified atom stereocenters. The third-order valence-corrected chi connectivity index (χ3v) is 18.9. The van der Waals surface area contributed by atoms with Gasteiger partial charge in [-0.05, 0) is 78.5 Å². The fourth-order valence-electron chi connectivity index (χ4n) is 6.61. The highest BCUT2D eigenvalue weighted by Crippen LogP contribution is 2.42. The molecule has 0 bridgehead atoms. The van der Waals surface area contributed by atoms with Gasteiger partial charge in [0.1, 0.15) is 0 Å². The lowest BCUT2D eigenvalue weighted by atomic mass is 10.1. The van der Waals surface area contributed by atoms with Crippen LogP contribution in [-0.4, -0.2) is 42.3 Å². The quantitative estimate of drug-likeness (QED) is 0.102. The number of sulfonamides is 1. The summed E-state index contributed by atoms with van der Waals surface area (Å²) in [6.07, 6.45) is 3.86. The van der Waals surface area contributed by atoms with Crippen LogP contribution in [0.4, 0.5) is 0 Å². The van der Waals surface area contributed by atoms with E-state index in [0.29, 0.717) is 34.1 Å². The summed E-state index contributed by atoms with van der Waals surface area (Å²) in [6.45, 7) is 17.4. The first-order valence-corrected chi connectivity index (χ1v) is 22.1. The summed E-state index contributed by atoms with van der Waals surface area (Å²) >= 11 is 3.64. The number of nitrogens with one attached hydrogen (secondary N) is 1. The van der Waals surface area contributed by atoms with Crippen molar-refractivity contribution >= 4 is 55.2 Å². The molecule has 0 spiro atoms. The van der Waals surface area contributed by atoms with Crippen molar-refractivity contribution in [3.63, 3.8) is 0 Å². The highest BCUT2D eigenvalue weighted by Gasteiger charge is 2.45. The van der Waals surface area contributed by atoms with Crippen molar-refractivity contribution in [1.29, 1.82) is 0 Å². The van der Waals surface area contributed by atoms with Gasteiger partial charge in [0.05, 0.1) is 21.9 Å². The molecule has 4 aromatic rings. The van der Waals surface area contributed by atoms with Crippen LogP contribution in [0, 0.1) is 13.8 Å². The first kappa shape index (κ1) is 38.0. The summed E-state index contributed by atoms with van der Waals surface area (Å²) in [4.78, 5) is 0.403. The molecule has 48 heavy (non-hydrogen) atoms. The first-order valence-electron chi connectivity index (χ1n) is 16.2. The summed E-state index contributed by atoms with van der Waals surface area (Å²) in [7, 11) is -9.90. The largest absolute Gasteiger partial charge is 0.411 e. The van der Waals surface area contributed by atoms with E-state index >= 15 is 0 Å². The van der Waals surface area contributed by atoms with Gasteiger partial charge in [0.25, 0.3) is 10.0 Å². The van der Waals surface area contributed by atoms with Crippen LogP contribution in [0.15, 0.2) is 105 Å². The SMILES string of the molecule is Cc1ccc(S(=O)(=O)NCC(=C=CCc2cn(S(=O)(=O)c3ccc(C)cc3)c3cccc(Br)c23)CO[Si](C(C)C)(C(C)C)C(C)C)cc1. The molecule has 11 heteroatoms. The van der Waals surface area contributed by atoms with Gasteiger partial charge < -0.3 is 4.43 Å². The Morgan fingerprint density at radius 2 is 1.40 bits per heavy atom. The Labute approximate surface area is 296 Å². The highest BCUT2D eigenvalue weighted by molar-refractivity contribution is 9.10. The zero-order valence-electron chi connectivity index (χ0n) is 29.0. The van der Waals surface area contributed by atoms with E-state index in [9.17, 15) is 16.8 Å². The molecule has 1 aromatic heterocycles. The second kappa shape index (κ2) is 15.4. The van der Waals surface area contributed by atoms with Crippen LogP contribution >= 0.6 is 15.9 Å². The number of hydrogen-bond acceptors (Lipinski definition) is 5. The van der Waals surface area contributed by atoms with E-state index in [1.807, 2.05) is 32.1 Å². The number of hydrogen-bond donors (Lipinski definition) is 1. The molecule has 3 aromatic carbocycles. The van der Waals surface area contributed by atoms with Crippen molar-refractivity contribution in [2.75, 3.05) is 13.2 Å². The predicted molar refractivity (Wildman–Crippen MR) is 202 cm³/mol. The number of aryl methyl sites for hydroxylation is 2. The number of rotatable bonds is 14. The van der Waals surface area contributed by atoms with Crippen molar-refractivity contribution in [1.82, 2.24) is 8.69 Å². The number of aromatic nitrogens is 1. The molecular formula is C37H47BrN2O5S2Si. The normalized spacial score (nSPS) is 12.7. The molecule has 4 rings (SSSR count). The zero-order valence-corrected chi connectivity index (χ0v) is 33.3. The first-order chi connectivity index (χ1) is 22.5. The molecule has 258 valence electrons. The van der Waals surface area contributed by atoms with E-state index in [-0.39, 0.29) is 22.9 Å². The molecule has 0 radical (unpaired) electrons. The fourth-order valence-corrected chi connectivity index (χ4v) is 15.1.